The van der Waals surface area contributed by atoms with E-state index in [4.69, 9.17) is 0 Å². The van der Waals surface area contributed by atoms with Crippen LogP contribution in [0.15, 0.2) is 22.7 Å². The van der Waals surface area contributed by atoms with Crippen LogP contribution in [0.25, 0.3) is 0 Å². The summed E-state index contributed by atoms with van der Waals surface area (Å²) in [6.07, 6.45) is 2.04. The van der Waals surface area contributed by atoms with Crippen molar-refractivity contribution in [1.82, 2.24) is 4.31 Å². The first kappa shape index (κ1) is 14.5. The predicted octanol–water partition coefficient (Wildman–Crippen LogP) is 1.34. The maximum atomic E-state index is 11.4. The Morgan fingerprint density at radius 3 is 2.37 bits per heavy atom. The van der Waals surface area contributed by atoms with E-state index in [1.807, 2.05) is 17.0 Å². The van der Waals surface area contributed by atoms with E-state index in [1.54, 1.807) is 6.07 Å². The number of aldehydes is 1. The molecule has 5 nitrogen and oxygen atoms in total. The number of hydrogen-bond acceptors (Lipinski definition) is 4. The van der Waals surface area contributed by atoms with E-state index in [0.29, 0.717) is 31.7 Å². The van der Waals surface area contributed by atoms with Crippen LogP contribution < -0.4 is 4.90 Å². The second kappa shape index (κ2) is 5.60. The number of carbonyl (C=O) groups is 1. The largest absolute Gasteiger partial charge is 0.368 e. The Hall–Kier alpha value is -0.920. The van der Waals surface area contributed by atoms with Crippen molar-refractivity contribution >= 4 is 37.9 Å². The van der Waals surface area contributed by atoms with Gasteiger partial charge in [0.05, 0.1) is 6.26 Å². The van der Waals surface area contributed by atoms with Crippen molar-refractivity contribution < 1.29 is 13.2 Å². The number of piperazine rings is 1. The molecule has 1 aromatic carbocycles. The van der Waals surface area contributed by atoms with E-state index in [-0.39, 0.29) is 0 Å². The van der Waals surface area contributed by atoms with Crippen LogP contribution in [0.4, 0.5) is 5.69 Å². The van der Waals surface area contributed by atoms with Gasteiger partial charge in [0.1, 0.15) is 0 Å². The molecule has 1 aromatic rings. The Bertz CT molecular complexity index is 581. The summed E-state index contributed by atoms with van der Waals surface area (Å²) in [7, 11) is -3.12. The van der Waals surface area contributed by atoms with E-state index in [0.717, 1.165) is 16.4 Å². The summed E-state index contributed by atoms with van der Waals surface area (Å²) in [5, 5.41) is 0. The van der Waals surface area contributed by atoms with Gasteiger partial charge in [-0.25, -0.2) is 8.42 Å². The summed E-state index contributed by atoms with van der Waals surface area (Å²) in [5.74, 6) is 0. The summed E-state index contributed by atoms with van der Waals surface area (Å²) in [6.45, 7) is 2.09. The fourth-order valence-corrected chi connectivity index (χ4v) is 3.37. The molecule has 0 unspecified atom stereocenters. The molecule has 7 heteroatoms. The van der Waals surface area contributed by atoms with Crippen LogP contribution in [0.2, 0.25) is 0 Å². The van der Waals surface area contributed by atoms with Crippen LogP contribution in [0.1, 0.15) is 10.4 Å². The van der Waals surface area contributed by atoms with Crippen molar-refractivity contribution in [3.05, 3.63) is 28.2 Å². The molecule has 19 heavy (non-hydrogen) atoms. The van der Waals surface area contributed by atoms with Gasteiger partial charge in [-0.3, -0.25) is 4.79 Å². The highest BCUT2D eigenvalue weighted by atomic mass is 79.9. The van der Waals surface area contributed by atoms with Gasteiger partial charge in [-0.15, -0.1) is 0 Å². The molecule has 1 saturated heterocycles. The molecule has 0 amide bonds. The highest BCUT2D eigenvalue weighted by Crippen LogP contribution is 2.24. The van der Waals surface area contributed by atoms with Crippen molar-refractivity contribution in [3.63, 3.8) is 0 Å². The molecule has 1 aliphatic rings. The number of anilines is 1. The zero-order chi connectivity index (χ0) is 14.0. The summed E-state index contributed by atoms with van der Waals surface area (Å²) < 4.78 is 25.2. The second-order valence-corrected chi connectivity index (χ2v) is 7.37. The molecule has 0 saturated carbocycles. The maximum Gasteiger partial charge on any atom is 0.211 e. The lowest BCUT2D eigenvalue weighted by Crippen LogP contribution is -2.48. The lowest BCUT2D eigenvalue weighted by molar-refractivity contribution is 0.112. The molecule has 1 heterocycles. The zero-order valence-corrected chi connectivity index (χ0v) is 12.9. The molecular weight excluding hydrogens is 332 g/mol. The predicted molar refractivity (Wildman–Crippen MR) is 78.2 cm³/mol. The third kappa shape index (κ3) is 3.34. The summed E-state index contributed by atoms with van der Waals surface area (Å²) in [6, 6.07) is 5.53. The highest BCUT2D eigenvalue weighted by Gasteiger charge is 2.24. The lowest BCUT2D eigenvalue weighted by atomic mass is 10.1. The van der Waals surface area contributed by atoms with Crippen molar-refractivity contribution in [1.29, 1.82) is 0 Å². The van der Waals surface area contributed by atoms with Gasteiger partial charge in [0.15, 0.2) is 6.29 Å². The Balaban J connectivity index is 2.16. The van der Waals surface area contributed by atoms with Crippen LogP contribution in [-0.2, 0) is 10.0 Å². The normalized spacial score (nSPS) is 17.5. The number of carbonyl (C=O) groups excluding carboxylic acids is 1. The topological polar surface area (TPSA) is 57.7 Å². The summed E-state index contributed by atoms with van der Waals surface area (Å²) in [4.78, 5) is 13.1. The monoisotopic (exact) mass is 346 g/mol. The van der Waals surface area contributed by atoms with Gasteiger partial charge in [-0.1, -0.05) is 15.9 Å². The fraction of sp³-hybridized carbons (Fsp3) is 0.417. The average Bonchev–Trinajstić information content (AvgIpc) is 2.37. The van der Waals surface area contributed by atoms with Gasteiger partial charge < -0.3 is 4.90 Å². The van der Waals surface area contributed by atoms with Gasteiger partial charge in [0.2, 0.25) is 10.0 Å². The smallest absolute Gasteiger partial charge is 0.211 e. The van der Waals surface area contributed by atoms with Crippen LogP contribution in [0.3, 0.4) is 0 Å². The lowest BCUT2D eigenvalue weighted by Gasteiger charge is -2.35. The van der Waals surface area contributed by atoms with Crippen molar-refractivity contribution in [3.8, 4) is 0 Å². The molecule has 2 rings (SSSR count). The van der Waals surface area contributed by atoms with E-state index < -0.39 is 10.0 Å². The van der Waals surface area contributed by atoms with E-state index in [9.17, 15) is 13.2 Å². The van der Waals surface area contributed by atoms with E-state index in [1.165, 1.54) is 10.6 Å². The van der Waals surface area contributed by atoms with E-state index in [2.05, 4.69) is 15.9 Å². The minimum Gasteiger partial charge on any atom is -0.368 e. The highest BCUT2D eigenvalue weighted by molar-refractivity contribution is 9.10. The first-order chi connectivity index (χ1) is 8.91. The van der Waals surface area contributed by atoms with Crippen LogP contribution in [-0.4, -0.2) is 51.4 Å². The maximum absolute atomic E-state index is 11.4. The van der Waals surface area contributed by atoms with Crippen molar-refractivity contribution in [2.45, 2.75) is 0 Å². The third-order valence-corrected chi connectivity index (χ3v) is 4.96. The van der Waals surface area contributed by atoms with Gasteiger partial charge in [-0.05, 0) is 18.2 Å². The summed E-state index contributed by atoms with van der Waals surface area (Å²) in [5.41, 5.74) is 1.47. The molecule has 0 aromatic heterocycles. The fourth-order valence-electron chi connectivity index (χ4n) is 2.17. The number of halogens is 1. The van der Waals surface area contributed by atoms with Crippen molar-refractivity contribution in [2.24, 2.45) is 0 Å². The summed E-state index contributed by atoms with van der Waals surface area (Å²) >= 11 is 3.33. The number of hydrogen-bond donors (Lipinski definition) is 0. The number of nitrogens with zero attached hydrogens (tertiary/aromatic N) is 2. The first-order valence-corrected chi connectivity index (χ1v) is 8.51. The zero-order valence-electron chi connectivity index (χ0n) is 10.5. The molecule has 0 spiro atoms. The second-order valence-electron chi connectivity index (χ2n) is 4.47. The van der Waals surface area contributed by atoms with Gasteiger partial charge in [0.25, 0.3) is 0 Å². The average molecular weight is 347 g/mol. The first-order valence-electron chi connectivity index (χ1n) is 5.86. The van der Waals surface area contributed by atoms with Gasteiger partial charge in [0, 0.05) is 41.9 Å². The molecule has 0 bridgehead atoms. The van der Waals surface area contributed by atoms with Crippen LogP contribution in [0.5, 0.6) is 0 Å². The Labute approximate surface area is 121 Å². The van der Waals surface area contributed by atoms with Crippen LogP contribution in [0, 0.1) is 0 Å². The number of benzene rings is 1. The third-order valence-electron chi connectivity index (χ3n) is 3.16. The van der Waals surface area contributed by atoms with Gasteiger partial charge in [-0.2, -0.15) is 4.31 Å². The quantitative estimate of drug-likeness (QED) is 0.775. The number of sulfonamides is 1. The van der Waals surface area contributed by atoms with Crippen LogP contribution >= 0.6 is 15.9 Å². The molecule has 0 radical (unpaired) electrons. The van der Waals surface area contributed by atoms with Crippen molar-refractivity contribution in [2.75, 3.05) is 37.3 Å². The molecule has 1 aliphatic heterocycles. The van der Waals surface area contributed by atoms with E-state index >= 15 is 0 Å². The molecular formula is C12H15BrN2O3S. The SMILES string of the molecule is CS(=O)(=O)N1CCN(c2ccc(Br)cc2C=O)CC1. The molecule has 0 N–H and O–H groups in total. The Morgan fingerprint density at radius 1 is 1.21 bits per heavy atom. The standard InChI is InChI=1S/C12H15BrN2O3S/c1-19(17,18)15-6-4-14(5-7-15)12-3-2-11(13)8-10(12)9-16/h2-3,8-9H,4-7H2,1H3. The van der Waals surface area contributed by atoms with Gasteiger partial charge >= 0.3 is 0 Å². The minimum absolute atomic E-state index is 0.452. The minimum atomic E-state index is -3.12. The Kier molecular flexibility index (Phi) is 4.27. The molecule has 1 fully saturated rings. The molecule has 0 atom stereocenters. The number of rotatable bonds is 3. The molecule has 0 aliphatic carbocycles. The Morgan fingerprint density at radius 2 is 1.84 bits per heavy atom. The molecule has 104 valence electrons.